The number of halogens is 1. The molecular weight excluding hydrogens is 334 g/mol. The average molecular weight is 350 g/mol. The van der Waals surface area contributed by atoms with Crippen molar-refractivity contribution >= 4 is 39.0 Å². The van der Waals surface area contributed by atoms with Crippen molar-refractivity contribution in [1.29, 1.82) is 0 Å². The second-order valence-corrected chi connectivity index (χ2v) is 5.41. The number of nitrogen functional groups attached to an aromatic ring is 1. The van der Waals surface area contributed by atoms with Crippen LogP contribution in [0.5, 0.6) is 5.75 Å². The smallest absolute Gasteiger partial charge is 0.323 e. The van der Waals surface area contributed by atoms with Crippen LogP contribution in [0.1, 0.15) is 5.56 Å². The van der Waals surface area contributed by atoms with Crippen LogP contribution in [0, 0.1) is 6.92 Å². The summed E-state index contributed by atoms with van der Waals surface area (Å²) in [6.45, 7) is 1.88. The molecule has 0 aromatic heterocycles. The molecule has 4 N–H and O–H groups in total. The second-order valence-electron chi connectivity index (χ2n) is 4.49. The minimum absolute atomic E-state index is 0.350. The van der Waals surface area contributed by atoms with Gasteiger partial charge in [0.1, 0.15) is 5.75 Å². The van der Waals surface area contributed by atoms with Gasteiger partial charge in [-0.3, -0.25) is 0 Å². The summed E-state index contributed by atoms with van der Waals surface area (Å²) in [7, 11) is 1.59. The summed E-state index contributed by atoms with van der Waals surface area (Å²) < 4.78 is 5.94. The van der Waals surface area contributed by atoms with Gasteiger partial charge in [0.15, 0.2) is 0 Å². The third kappa shape index (κ3) is 3.88. The molecule has 110 valence electrons. The Bertz CT molecular complexity index is 633. The van der Waals surface area contributed by atoms with Gasteiger partial charge in [0.05, 0.1) is 18.5 Å². The first-order chi connectivity index (χ1) is 9.99. The van der Waals surface area contributed by atoms with E-state index in [0.29, 0.717) is 17.1 Å². The van der Waals surface area contributed by atoms with Gasteiger partial charge in [-0.15, -0.1) is 0 Å². The van der Waals surface area contributed by atoms with Crippen LogP contribution in [0.3, 0.4) is 0 Å². The highest BCUT2D eigenvalue weighted by Gasteiger charge is 2.09. The van der Waals surface area contributed by atoms with Crippen molar-refractivity contribution in [3.63, 3.8) is 0 Å². The number of amides is 2. The van der Waals surface area contributed by atoms with Crippen molar-refractivity contribution in [2.75, 3.05) is 23.5 Å². The van der Waals surface area contributed by atoms with Crippen LogP contribution in [0.2, 0.25) is 0 Å². The van der Waals surface area contributed by atoms with E-state index >= 15 is 0 Å². The highest BCUT2D eigenvalue weighted by Crippen LogP contribution is 2.28. The number of aryl methyl sites for hydroxylation is 1. The molecule has 0 fully saturated rings. The number of hydrogen-bond acceptors (Lipinski definition) is 3. The topological polar surface area (TPSA) is 76.4 Å². The Morgan fingerprint density at radius 2 is 1.86 bits per heavy atom. The number of methoxy groups -OCH3 is 1. The van der Waals surface area contributed by atoms with E-state index in [9.17, 15) is 4.79 Å². The molecule has 0 aliphatic rings. The normalized spacial score (nSPS) is 10.0. The standard InChI is InChI=1S/C15H16BrN3O2/c1-9-7-10(16)8-13(17)14(9)19-15(20)18-11-3-5-12(21-2)6-4-11/h3-8H,17H2,1-2H3,(H2,18,19,20). The van der Waals surface area contributed by atoms with Crippen molar-refractivity contribution in [3.05, 3.63) is 46.4 Å². The van der Waals surface area contributed by atoms with Gasteiger partial charge in [-0.05, 0) is 48.9 Å². The zero-order valence-electron chi connectivity index (χ0n) is 11.7. The summed E-state index contributed by atoms with van der Waals surface area (Å²) in [5.41, 5.74) is 8.57. The molecule has 2 rings (SSSR count). The number of carbonyl (C=O) groups excluding carboxylic acids is 1. The second kappa shape index (κ2) is 6.49. The van der Waals surface area contributed by atoms with Crippen molar-refractivity contribution in [1.82, 2.24) is 0 Å². The fourth-order valence-electron chi connectivity index (χ4n) is 1.89. The van der Waals surface area contributed by atoms with Gasteiger partial charge in [0.2, 0.25) is 0 Å². The molecule has 0 radical (unpaired) electrons. The fraction of sp³-hybridized carbons (Fsp3) is 0.133. The first-order valence-electron chi connectivity index (χ1n) is 6.27. The summed E-state index contributed by atoms with van der Waals surface area (Å²) in [4.78, 5) is 12.0. The van der Waals surface area contributed by atoms with Crippen LogP contribution in [0.15, 0.2) is 40.9 Å². The molecule has 0 saturated carbocycles. The average Bonchev–Trinajstić information content (AvgIpc) is 2.43. The molecule has 0 aliphatic carbocycles. The summed E-state index contributed by atoms with van der Waals surface area (Å²) >= 11 is 3.36. The maximum atomic E-state index is 12.0. The molecule has 5 nitrogen and oxygen atoms in total. The van der Waals surface area contributed by atoms with Crippen LogP contribution >= 0.6 is 15.9 Å². The zero-order valence-corrected chi connectivity index (χ0v) is 13.3. The van der Waals surface area contributed by atoms with Crippen molar-refractivity contribution in [2.24, 2.45) is 0 Å². The van der Waals surface area contributed by atoms with E-state index in [1.54, 1.807) is 37.4 Å². The van der Waals surface area contributed by atoms with E-state index in [4.69, 9.17) is 10.5 Å². The minimum Gasteiger partial charge on any atom is -0.497 e. The number of urea groups is 1. The molecule has 21 heavy (non-hydrogen) atoms. The van der Waals surface area contributed by atoms with E-state index in [1.807, 2.05) is 13.0 Å². The molecule has 2 amide bonds. The summed E-state index contributed by atoms with van der Waals surface area (Å²) in [6, 6.07) is 10.4. The predicted octanol–water partition coefficient (Wildman–Crippen LogP) is 3.99. The lowest BCUT2D eigenvalue weighted by Crippen LogP contribution is -2.20. The largest absolute Gasteiger partial charge is 0.497 e. The lowest BCUT2D eigenvalue weighted by molar-refractivity contribution is 0.262. The van der Waals surface area contributed by atoms with Crippen molar-refractivity contribution in [3.8, 4) is 5.75 Å². The highest BCUT2D eigenvalue weighted by molar-refractivity contribution is 9.10. The molecule has 2 aromatic rings. The van der Waals surface area contributed by atoms with Gasteiger partial charge in [-0.2, -0.15) is 0 Å². The maximum Gasteiger partial charge on any atom is 0.323 e. The molecule has 6 heteroatoms. The molecule has 0 heterocycles. The number of nitrogens with two attached hydrogens (primary N) is 1. The van der Waals surface area contributed by atoms with Crippen LogP contribution in [0.4, 0.5) is 21.9 Å². The Labute approximate surface area is 131 Å². The first-order valence-corrected chi connectivity index (χ1v) is 7.06. The molecule has 0 saturated heterocycles. The van der Waals surface area contributed by atoms with Crippen molar-refractivity contribution < 1.29 is 9.53 Å². The van der Waals surface area contributed by atoms with E-state index in [0.717, 1.165) is 15.8 Å². The Morgan fingerprint density at radius 1 is 1.19 bits per heavy atom. The summed E-state index contributed by atoms with van der Waals surface area (Å²) in [6.07, 6.45) is 0. The monoisotopic (exact) mass is 349 g/mol. The molecule has 0 atom stereocenters. The number of benzene rings is 2. The Hall–Kier alpha value is -2.21. The molecule has 0 spiro atoms. The number of nitrogens with one attached hydrogen (secondary N) is 2. The number of ether oxygens (including phenoxy) is 1. The van der Waals surface area contributed by atoms with Crippen LogP contribution in [-0.2, 0) is 0 Å². The fourth-order valence-corrected chi connectivity index (χ4v) is 2.48. The summed E-state index contributed by atoms with van der Waals surface area (Å²) in [5.74, 6) is 0.731. The van der Waals surface area contributed by atoms with Gasteiger partial charge >= 0.3 is 6.03 Å². The molecule has 0 bridgehead atoms. The minimum atomic E-state index is -0.350. The molecular formula is C15H16BrN3O2. The maximum absolute atomic E-state index is 12.0. The number of carbonyl (C=O) groups is 1. The molecule has 0 unspecified atom stereocenters. The van der Waals surface area contributed by atoms with Crippen LogP contribution in [-0.4, -0.2) is 13.1 Å². The lowest BCUT2D eigenvalue weighted by atomic mass is 10.1. The van der Waals surface area contributed by atoms with Gasteiger partial charge in [-0.1, -0.05) is 15.9 Å². The number of hydrogen-bond donors (Lipinski definition) is 3. The molecule has 0 aliphatic heterocycles. The number of rotatable bonds is 3. The van der Waals surface area contributed by atoms with E-state index in [-0.39, 0.29) is 6.03 Å². The van der Waals surface area contributed by atoms with E-state index in [1.165, 1.54) is 0 Å². The summed E-state index contributed by atoms with van der Waals surface area (Å²) in [5, 5.41) is 5.49. The van der Waals surface area contributed by atoms with Gasteiger partial charge in [-0.25, -0.2) is 4.79 Å². The Kier molecular flexibility index (Phi) is 4.70. The van der Waals surface area contributed by atoms with Gasteiger partial charge in [0.25, 0.3) is 0 Å². The highest BCUT2D eigenvalue weighted by atomic mass is 79.9. The number of anilines is 3. The van der Waals surface area contributed by atoms with Gasteiger partial charge < -0.3 is 21.1 Å². The Morgan fingerprint density at radius 3 is 2.43 bits per heavy atom. The van der Waals surface area contributed by atoms with Crippen molar-refractivity contribution in [2.45, 2.75) is 6.92 Å². The predicted molar refractivity (Wildman–Crippen MR) is 88.9 cm³/mol. The van der Waals surface area contributed by atoms with Crippen LogP contribution < -0.4 is 21.1 Å². The lowest BCUT2D eigenvalue weighted by Gasteiger charge is -2.13. The van der Waals surface area contributed by atoms with Gasteiger partial charge in [0, 0.05) is 10.2 Å². The molecule has 2 aromatic carbocycles. The quantitative estimate of drug-likeness (QED) is 0.733. The zero-order chi connectivity index (χ0) is 15.4. The third-order valence-electron chi connectivity index (χ3n) is 2.92. The van der Waals surface area contributed by atoms with E-state index < -0.39 is 0 Å². The van der Waals surface area contributed by atoms with E-state index in [2.05, 4.69) is 26.6 Å². The van der Waals surface area contributed by atoms with Crippen LogP contribution in [0.25, 0.3) is 0 Å². The Balaban J connectivity index is 2.08. The third-order valence-corrected chi connectivity index (χ3v) is 3.38. The first kappa shape index (κ1) is 15.2. The SMILES string of the molecule is COc1ccc(NC(=O)Nc2c(C)cc(Br)cc2N)cc1.